The Morgan fingerprint density at radius 1 is 1.08 bits per heavy atom. The Morgan fingerprint density at radius 3 is 2.50 bits per heavy atom. The standard InChI is InChI=1S/C19H17BrN2O3S/c1-10-7-16(11(2)6-15(10)20)26-9-17(23)21-12-4-5-13-14(8-12)19(25)22(3)18(13)24/h4-8H,9H2,1-3H3,(H,21,23). The van der Waals surface area contributed by atoms with Gasteiger partial charge in [0.2, 0.25) is 5.91 Å². The number of imide groups is 1. The van der Waals surface area contributed by atoms with Crippen molar-refractivity contribution in [3.63, 3.8) is 0 Å². The molecule has 0 aromatic heterocycles. The predicted molar refractivity (Wildman–Crippen MR) is 106 cm³/mol. The highest BCUT2D eigenvalue weighted by Gasteiger charge is 2.32. The van der Waals surface area contributed by atoms with E-state index in [1.807, 2.05) is 26.0 Å². The van der Waals surface area contributed by atoms with Gasteiger partial charge in [-0.2, -0.15) is 0 Å². The summed E-state index contributed by atoms with van der Waals surface area (Å²) in [6.07, 6.45) is 0. The maximum absolute atomic E-state index is 12.3. The molecule has 0 bridgehead atoms. The second kappa shape index (κ2) is 7.25. The molecule has 3 amide bonds. The molecule has 0 saturated heterocycles. The van der Waals surface area contributed by atoms with Crippen molar-refractivity contribution in [1.82, 2.24) is 4.90 Å². The molecule has 134 valence electrons. The SMILES string of the molecule is Cc1cc(SCC(=O)Nc2ccc3c(c2)C(=O)N(C)C3=O)c(C)cc1Br. The quantitative estimate of drug-likeness (QED) is 0.584. The number of anilines is 1. The first-order valence-corrected chi connectivity index (χ1v) is 9.71. The number of rotatable bonds is 4. The van der Waals surface area contributed by atoms with Crippen molar-refractivity contribution in [2.24, 2.45) is 0 Å². The Bertz CT molecular complexity index is 943. The maximum atomic E-state index is 12.3. The van der Waals surface area contributed by atoms with Gasteiger partial charge in [0.05, 0.1) is 16.9 Å². The van der Waals surface area contributed by atoms with E-state index in [-0.39, 0.29) is 23.5 Å². The highest BCUT2D eigenvalue weighted by Crippen LogP contribution is 2.29. The monoisotopic (exact) mass is 432 g/mol. The van der Waals surface area contributed by atoms with Crippen LogP contribution in [-0.4, -0.2) is 35.4 Å². The van der Waals surface area contributed by atoms with Crippen LogP contribution in [0.25, 0.3) is 0 Å². The molecule has 1 heterocycles. The number of amides is 3. The van der Waals surface area contributed by atoms with E-state index in [0.717, 1.165) is 25.4 Å². The minimum Gasteiger partial charge on any atom is -0.325 e. The molecule has 0 saturated carbocycles. The number of hydrogen-bond donors (Lipinski definition) is 1. The Balaban J connectivity index is 1.67. The highest BCUT2D eigenvalue weighted by atomic mass is 79.9. The molecule has 1 N–H and O–H groups in total. The van der Waals surface area contributed by atoms with E-state index in [9.17, 15) is 14.4 Å². The van der Waals surface area contributed by atoms with Crippen LogP contribution < -0.4 is 5.32 Å². The van der Waals surface area contributed by atoms with Gasteiger partial charge in [-0.25, -0.2) is 0 Å². The van der Waals surface area contributed by atoms with E-state index in [1.54, 1.807) is 18.2 Å². The average molecular weight is 433 g/mol. The fourth-order valence-corrected chi connectivity index (χ4v) is 4.05. The van der Waals surface area contributed by atoms with Crippen molar-refractivity contribution in [2.45, 2.75) is 18.7 Å². The predicted octanol–water partition coefficient (Wildman–Crippen LogP) is 4.02. The van der Waals surface area contributed by atoms with E-state index in [1.165, 1.54) is 18.8 Å². The number of nitrogens with one attached hydrogen (secondary N) is 1. The minimum atomic E-state index is -0.351. The molecule has 0 fully saturated rings. The molecule has 1 aliphatic heterocycles. The number of carbonyl (C=O) groups is 3. The summed E-state index contributed by atoms with van der Waals surface area (Å²) >= 11 is 4.96. The lowest BCUT2D eigenvalue weighted by Gasteiger charge is -2.09. The number of fused-ring (bicyclic) bond motifs is 1. The van der Waals surface area contributed by atoms with Gasteiger partial charge in [-0.15, -0.1) is 11.8 Å². The molecule has 1 aliphatic rings. The van der Waals surface area contributed by atoms with Gasteiger partial charge in [0.25, 0.3) is 11.8 Å². The lowest BCUT2D eigenvalue weighted by Crippen LogP contribution is -2.24. The van der Waals surface area contributed by atoms with Crippen LogP contribution in [0.5, 0.6) is 0 Å². The average Bonchev–Trinajstić information content (AvgIpc) is 2.81. The second-order valence-corrected chi connectivity index (χ2v) is 8.00. The Labute approximate surface area is 164 Å². The molecule has 0 spiro atoms. The molecular formula is C19H17BrN2O3S. The van der Waals surface area contributed by atoms with Crippen molar-refractivity contribution in [1.29, 1.82) is 0 Å². The van der Waals surface area contributed by atoms with Gasteiger partial charge < -0.3 is 5.32 Å². The Morgan fingerprint density at radius 2 is 1.77 bits per heavy atom. The zero-order chi connectivity index (χ0) is 19.0. The van der Waals surface area contributed by atoms with Crippen molar-refractivity contribution < 1.29 is 14.4 Å². The summed E-state index contributed by atoms with van der Waals surface area (Å²) in [5.74, 6) is -0.581. The number of nitrogens with zero attached hydrogens (tertiary/aromatic N) is 1. The number of halogens is 1. The van der Waals surface area contributed by atoms with Crippen LogP contribution in [0.15, 0.2) is 39.7 Å². The molecule has 0 radical (unpaired) electrons. The van der Waals surface area contributed by atoms with Crippen molar-refractivity contribution in [3.8, 4) is 0 Å². The molecular weight excluding hydrogens is 416 g/mol. The van der Waals surface area contributed by atoms with Crippen LogP contribution in [0, 0.1) is 13.8 Å². The van der Waals surface area contributed by atoms with Crippen molar-refractivity contribution in [2.75, 3.05) is 18.1 Å². The van der Waals surface area contributed by atoms with E-state index in [0.29, 0.717) is 16.8 Å². The third-order valence-corrected chi connectivity index (χ3v) is 6.20. The molecule has 26 heavy (non-hydrogen) atoms. The fourth-order valence-electron chi connectivity index (χ4n) is 2.69. The third kappa shape index (κ3) is 3.54. The first-order valence-electron chi connectivity index (χ1n) is 7.93. The zero-order valence-electron chi connectivity index (χ0n) is 14.6. The van der Waals surface area contributed by atoms with Crippen LogP contribution in [0.4, 0.5) is 5.69 Å². The Hall–Kier alpha value is -2.12. The van der Waals surface area contributed by atoms with E-state index >= 15 is 0 Å². The molecule has 0 unspecified atom stereocenters. The van der Waals surface area contributed by atoms with Crippen LogP contribution in [0.1, 0.15) is 31.8 Å². The second-order valence-electron chi connectivity index (χ2n) is 6.13. The van der Waals surface area contributed by atoms with Gasteiger partial charge in [-0.05, 0) is 55.3 Å². The lowest BCUT2D eigenvalue weighted by atomic mass is 10.1. The topological polar surface area (TPSA) is 66.5 Å². The van der Waals surface area contributed by atoms with Gasteiger partial charge in [0.15, 0.2) is 0 Å². The summed E-state index contributed by atoms with van der Waals surface area (Å²) in [7, 11) is 1.45. The lowest BCUT2D eigenvalue weighted by molar-refractivity contribution is -0.113. The normalized spacial score (nSPS) is 13.2. The molecule has 5 nitrogen and oxygen atoms in total. The molecule has 3 rings (SSSR count). The van der Waals surface area contributed by atoms with Crippen LogP contribution in [-0.2, 0) is 4.79 Å². The largest absolute Gasteiger partial charge is 0.325 e. The summed E-state index contributed by atoms with van der Waals surface area (Å²) in [5, 5.41) is 2.79. The van der Waals surface area contributed by atoms with Crippen LogP contribution in [0.2, 0.25) is 0 Å². The molecule has 0 aliphatic carbocycles. The Kier molecular flexibility index (Phi) is 5.20. The van der Waals surface area contributed by atoms with E-state index in [2.05, 4.69) is 21.2 Å². The first-order chi connectivity index (χ1) is 12.3. The number of hydrogen-bond acceptors (Lipinski definition) is 4. The van der Waals surface area contributed by atoms with Gasteiger partial charge in [0.1, 0.15) is 0 Å². The van der Waals surface area contributed by atoms with Crippen molar-refractivity contribution >= 4 is 51.1 Å². The minimum absolute atomic E-state index is 0.167. The summed E-state index contributed by atoms with van der Waals surface area (Å²) < 4.78 is 1.05. The summed E-state index contributed by atoms with van der Waals surface area (Å²) in [6.45, 7) is 4.01. The van der Waals surface area contributed by atoms with Crippen LogP contribution >= 0.6 is 27.7 Å². The van der Waals surface area contributed by atoms with Gasteiger partial charge in [-0.1, -0.05) is 15.9 Å². The smallest absolute Gasteiger partial charge is 0.261 e. The maximum Gasteiger partial charge on any atom is 0.261 e. The highest BCUT2D eigenvalue weighted by molar-refractivity contribution is 9.10. The number of benzene rings is 2. The van der Waals surface area contributed by atoms with Gasteiger partial charge in [-0.3, -0.25) is 19.3 Å². The number of thioether (sulfide) groups is 1. The third-order valence-electron chi connectivity index (χ3n) is 4.19. The van der Waals surface area contributed by atoms with Gasteiger partial charge in [0, 0.05) is 22.1 Å². The summed E-state index contributed by atoms with van der Waals surface area (Å²) in [4.78, 5) is 38.3. The molecule has 7 heteroatoms. The van der Waals surface area contributed by atoms with E-state index in [4.69, 9.17) is 0 Å². The first kappa shape index (κ1) is 18.7. The van der Waals surface area contributed by atoms with Gasteiger partial charge >= 0.3 is 0 Å². The molecule has 2 aromatic carbocycles. The summed E-state index contributed by atoms with van der Waals surface area (Å²) in [5.41, 5.74) is 3.41. The van der Waals surface area contributed by atoms with Crippen molar-refractivity contribution in [3.05, 3.63) is 57.1 Å². The zero-order valence-corrected chi connectivity index (χ0v) is 17.0. The molecule has 2 aromatic rings. The fraction of sp³-hybridized carbons (Fsp3) is 0.211. The molecule has 0 atom stereocenters. The summed E-state index contributed by atoms with van der Waals surface area (Å²) in [6, 6.07) is 8.85. The number of carbonyl (C=O) groups excluding carboxylic acids is 3. The number of aryl methyl sites for hydroxylation is 2. The van der Waals surface area contributed by atoms with Crippen LogP contribution in [0.3, 0.4) is 0 Å². The van der Waals surface area contributed by atoms with E-state index < -0.39 is 0 Å².